The molecule has 0 saturated carbocycles. The minimum atomic E-state index is -4.68. The van der Waals surface area contributed by atoms with E-state index in [-0.39, 0.29) is 18.5 Å². The van der Waals surface area contributed by atoms with Gasteiger partial charge >= 0.3 is 6.18 Å². The van der Waals surface area contributed by atoms with Crippen LogP contribution in [0.2, 0.25) is 0 Å². The highest BCUT2D eigenvalue weighted by Gasteiger charge is 2.52. The van der Waals surface area contributed by atoms with Crippen LogP contribution < -0.4 is 5.32 Å². The Labute approximate surface area is 114 Å². The van der Waals surface area contributed by atoms with Gasteiger partial charge in [0.2, 0.25) is 10.0 Å². The molecule has 1 N–H and O–H groups in total. The van der Waals surface area contributed by atoms with Gasteiger partial charge in [0.25, 0.3) is 0 Å². The molecule has 2 saturated heterocycles. The molecule has 2 aliphatic rings. The van der Waals surface area contributed by atoms with E-state index in [1.807, 2.05) is 0 Å². The highest BCUT2D eigenvalue weighted by molar-refractivity contribution is 7.89. The third-order valence-electron chi connectivity index (χ3n) is 3.83. The first-order chi connectivity index (χ1) is 9.25. The van der Waals surface area contributed by atoms with E-state index in [9.17, 15) is 21.6 Å². The normalized spacial score (nSPS) is 22.4. The number of sulfonamides is 1. The Balaban J connectivity index is 1.93. The zero-order valence-corrected chi connectivity index (χ0v) is 11.3. The van der Waals surface area contributed by atoms with Gasteiger partial charge in [-0.15, -0.1) is 0 Å². The van der Waals surface area contributed by atoms with E-state index in [0.717, 1.165) is 29.5 Å². The molecule has 0 aliphatic carbocycles. The van der Waals surface area contributed by atoms with E-state index in [1.165, 1.54) is 12.1 Å². The Morgan fingerprint density at radius 2 is 1.75 bits per heavy atom. The summed E-state index contributed by atoms with van der Waals surface area (Å²) in [4.78, 5) is -0.658. The highest BCUT2D eigenvalue weighted by Crippen LogP contribution is 2.40. The molecule has 2 heterocycles. The topological polar surface area (TPSA) is 49.4 Å². The van der Waals surface area contributed by atoms with Crippen molar-refractivity contribution in [1.29, 1.82) is 0 Å². The number of hydrogen-bond donors (Lipinski definition) is 1. The Morgan fingerprint density at radius 3 is 2.25 bits per heavy atom. The van der Waals surface area contributed by atoms with Crippen LogP contribution in [0.5, 0.6) is 0 Å². The van der Waals surface area contributed by atoms with Crippen molar-refractivity contribution in [2.45, 2.75) is 11.1 Å². The maximum Gasteiger partial charge on any atom is 0.417 e. The van der Waals surface area contributed by atoms with E-state index in [1.54, 1.807) is 0 Å². The molecule has 0 radical (unpaired) electrons. The van der Waals surface area contributed by atoms with E-state index in [0.29, 0.717) is 0 Å². The van der Waals surface area contributed by atoms with Crippen LogP contribution in [0.15, 0.2) is 29.2 Å². The van der Waals surface area contributed by atoms with Crippen LogP contribution in [-0.4, -0.2) is 38.9 Å². The van der Waals surface area contributed by atoms with Crippen molar-refractivity contribution in [2.75, 3.05) is 26.2 Å². The molecule has 1 spiro atoms. The zero-order valence-electron chi connectivity index (χ0n) is 10.4. The predicted octanol–water partition coefficient (Wildman–Crippen LogP) is 1.30. The zero-order chi connectivity index (χ0) is 14.6. The third-order valence-corrected chi connectivity index (χ3v) is 5.68. The molecule has 2 aliphatic heterocycles. The molecular weight excluding hydrogens is 293 g/mol. The van der Waals surface area contributed by atoms with Crippen molar-refractivity contribution in [3.63, 3.8) is 0 Å². The van der Waals surface area contributed by atoms with Gasteiger partial charge in [0, 0.05) is 31.6 Å². The van der Waals surface area contributed by atoms with Crippen LogP contribution in [0, 0.1) is 5.41 Å². The van der Waals surface area contributed by atoms with E-state index in [2.05, 4.69) is 5.32 Å². The number of halogens is 3. The molecule has 110 valence electrons. The van der Waals surface area contributed by atoms with E-state index in [4.69, 9.17) is 0 Å². The van der Waals surface area contributed by atoms with Gasteiger partial charge < -0.3 is 5.32 Å². The van der Waals surface area contributed by atoms with Gasteiger partial charge in [0.15, 0.2) is 0 Å². The van der Waals surface area contributed by atoms with Crippen molar-refractivity contribution in [2.24, 2.45) is 5.41 Å². The summed E-state index contributed by atoms with van der Waals surface area (Å²) in [6, 6.07) is 4.31. The Morgan fingerprint density at radius 1 is 1.15 bits per heavy atom. The van der Waals surface area contributed by atoms with Crippen molar-refractivity contribution < 1.29 is 21.6 Å². The van der Waals surface area contributed by atoms with Gasteiger partial charge in [-0.2, -0.15) is 17.5 Å². The summed E-state index contributed by atoms with van der Waals surface area (Å²) in [5, 5.41) is 3.05. The van der Waals surface area contributed by atoms with Crippen LogP contribution in [0.4, 0.5) is 13.2 Å². The lowest BCUT2D eigenvalue weighted by atomic mass is 9.76. The van der Waals surface area contributed by atoms with E-state index < -0.39 is 26.7 Å². The van der Waals surface area contributed by atoms with Gasteiger partial charge in [-0.3, -0.25) is 0 Å². The molecule has 3 rings (SSSR count). The fourth-order valence-electron chi connectivity index (χ4n) is 2.64. The maximum absolute atomic E-state index is 12.9. The molecule has 1 aromatic rings. The van der Waals surface area contributed by atoms with Crippen LogP contribution in [0.25, 0.3) is 0 Å². The van der Waals surface area contributed by atoms with Gasteiger partial charge in [0.05, 0.1) is 10.5 Å². The van der Waals surface area contributed by atoms with Gasteiger partial charge in [-0.05, 0) is 12.1 Å². The second kappa shape index (κ2) is 4.19. The molecule has 8 heteroatoms. The standard InChI is InChI=1S/C12H13F3N2O2S/c13-12(14,15)9-3-1-2-4-10(9)20(18,19)17-7-11(8-17)5-16-6-11/h1-4,16H,5-8H2. The maximum atomic E-state index is 12.9. The first-order valence-electron chi connectivity index (χ1n) is 6.12. The molecule has 0 aromatic heterocycles. The summed E-state index contributed by atoms with van der Waals surface area (Å²) in [6.07, 6.45) is -4.68. The third kappa shape index (κ3) is 2.02. The van der Waals surface area contributed by atoms with Crippen LogP contribution >= 0.6 is 0 Å². The highest BCUT2D eigenvalue weighted by atomic mass is 32.2. The Kier molecular flexibility index (Phi) is 2.90. The summed E-state index contributed by atoms with van der Waals surface area (Å²) in [6.45, 7) is 2.02. The van der Waals surface area contributed by atoms with Gasteiger partial charge in [0.1, 0.15) is 0 Å². The van der Waals surface area contributed by atoms with Crippen molar-refractivity contribution in [3.05, 3.63) is 29.8 Å². The second-order valence-corrected chi connectivity index (χ2v) is 7.28. The second-order valence-electron chi connectivity index (χ2n) is 5.37. The van der Waals surface area contributed by atoms with Crippen LogP contribution in [0.3, 0.4) is 0 Å². The fraction of sp³-hybridized carbons (Fsp3) is 0.500. The lowest BCUT2D eigenvalue weighted by Crippen LogP contribution is -2.71. The number of nitrogens with zero attached hydrogens (tertiary/aromatic N) is 1. The van der Waals surface area contributed by atoms with Crippen molar-refractivity contribution >= 4 is 10.0 Å². The van der Waals surface area contributed by atoms with Gasteiger partial charge in [-0.1, -0.05) is 12.1 Å². The summed E-state index contributed by atoms with van der Waals surface area (Å²) >= 11 is 0. The molecule has 0 atom stereocenters. The molecular formula is C12H13F3N2O2S. The molecule has 2 fully saturated rings. The largest absolute Gasteiger partial charge is 0.417 e. The number of rotatable bonds is 2. The molecule has 0 amide bonds. The molecule has 1 aromatic carbocycles. The number of nitrogens with one attached hydrogen (secondary N) is 1. The van der Waals surface area contributed by atoms with Crippen LogP contribution in [0.1, 0.15) is 5.56 Å². The first-order valence-corrected chi connectivity index (χ1v) is 7.56. The summed E-state index contributed by atoms with van der Waals surface area (Å²) in [5.74, 6) is 0. The molecule has 0 bridgehead atoms. The minimum absolute atomic E-state index is 0.0692. The molecule has 20 heavy (non-hydrogen) atoms. The van der Waals surface area contributed by atoms with Crippen molar-refractivity contribution in [1.82, 2.24) is 9.62 Å². The number of alkyl halides is 3. The average Bonchev–Trinajstić information content (AvgIpc) is 2.23. The van der Waals surface area contributed by atoms with Gasteiger partial charge in [-0.25, -0.2) is 8.42 Å². The average molecular weight is 306 g/mol. The van der Waals surface area contributed by atoms with Crippen LogP contribution in [-0.2, 0) is 16.2 Å². The SMILES string of the molecule is O=S(=O)(c1ccccc1C(F)(F)F)N1CC2(CNC2)C1. The number of hydrogen-bond acceptors (Lipinski definition) is 3. The quantitative estimate of drug-likeness (QED) is 0.896. The summed E-state index contributed by atoms with van der Waals surface area (Å²) < 4.78 is 64.5. The molecule has 4 nitrogen and oxygen atoms in total. The smallest absolute Gasteiger partial charge is 0.315 e. The monoisotopic (exact) mass is 306 g/mol. The van der Waals surface area contributed by atoms with E-state index >= 15 is 0 Å². The predicted molar refractivity (Wildman–Crippen MR) is 65.5 cm³/mol. The summed E-state index contributed by atoms with van der Waals surface area (Å²) in [5.41, 5.74) is -1.17. The summed E-state index contributed by atoms with van der Waals surface area (Å²) in [7, 11) is -4.08. The molecule has 0 unspecified atom stereocenters. The number of benzene rings is 1. The minimum Gasteiger partial charge on any atom is -0.315 e. The Hall–Kier alpha value is -1.12. The fourth-order valence-corrected chi connectivity index (χ4v) is 4.52. The lowest BCUT2D eigenvalue weighted by molar-refractivity contribution is -0.140. The van der Waals surface area contributed by atoms with Crippen molar-refractivity contribution in [3.8, 4) is 0 Å². The first kappa shape index (κ1) is 13.8. The lowest BCUT2D eigenvalue weighted by Gasteiger charge is -2.55. The Bertz CT molecular complexity index is 630.